The van der Waals surface area contributed by atoms with E-state index in [-0.39, 0.29) is 0 Å². The van der Waals surface area contributed by atoms with Crippen molar-refractivity contribution in [1.29, 1.82) is 0 Å². The van der Waals surface area contributed by atoms with Gasteiger partial charge in [0.05, 0.1) is 0 Å². The number of hydrogen-bond donors (Lipinski definition) is 6. The zero-order chi connectivity index (χ0) is 10.9. The molecule has 0 heterocycles. The van der Waals surface area contributed by atoms with Crippen LogP contribution >= 0.6 is 0 Å². The van der Waals surface area contributed by atoms with Crippen LogP contribution in [0.2, 0.25) is 0 Å². The quantitative estimate of drug-likeness (QED) is 0.181. The van der Waals surface area contributed by atoms with E-state index in [0.717, 1.165) is 13.1 Å². The van der Waals surface area contributed by atoms with Gasteiger partial charge in [0.15, 0.2) is 5.85 Å². The van der Waals surface area contributed by atoms with Crippen LogP contribution in [0, 0.1) is 0 Å². The molecule has 0 fully saturated rings. The van der Waals surface area contributed by atoms with Crippen LogP contribution in [0.4, 0.5) is 0 Å². The maximum absolute atomic E-state index is 9.67. The number of aliphatic hydroxyl groups is 1. The summed E-state index contributed by atoms with van der Waals surface area (Å²) in [6.45, 7) is 5.61. The first-order valence-corrected chi connectivity index (χ1v) is 4.95. The molecule has 0 bridgehead atoms. The van der Waals surface area contributed by atoms with Gasteiger partial charge in [-0.15, -0.1) is 0 Å². The summed E-state index contributed by atoms with van der Waals surface area (Å²) in [5.41, 5.74) is 10.6. The molecule has 0 aromatic heterocycles. The van der Waals surface area contributed by atoms with Crippen LogP contribution in [0.1, 0.15) is 6.92 Å². The lowest BCUT2D eigenvalue weighted by molar-refractivity contribution is -0.00801. The molecule has 0 rings (SSSR count). The van der Waals surface area contributed by atoms with Crippen molar-refractivity contribution in [1.82, 2.24) is 16.0 Å². The van der Waals surface area contributed by atoms with E-state index in [4.69, 9.17) is 11.5 Å². The predicted octanol–water partition coefficient (Wildman–Crippen LogP) is -2.66. The Hall–Kier alpha value is -0.240. The topological polar surface area (TPSA) is 108 Å². The first kappa shape index (κ1) is 13.8. The Morgan fingerprint density at radius 3 is 2.14 bits per heavy atom. The molecule has 0 aromatic carbocycles. The lowest BCUT2D eigenvalue weighted by Crippen LogP contribution is -2.57. The van der Waals surface area contributed by atoms with E-state index in [1.54, 1.807) is 6.92 Å². The van der Waals surface area contributed by atoms with Crippen LogP contribution in [0.5, 0.6) is 0 Å². The average Bonchev–Trinajstić information content (AvgIpc) is 2.15. The van der Waals surface area contributed by atoms with Crippen molar-refractivity contribution in [3.63, 3.8) is 0 Å². The smallest absolute Gasteiger partial charge is 0.168 e. The first-order chi connectivity index (χ1) is 6.62. The standard InChI is InChI=1S/C8H23N5O/c1-8(14,12-5-3-10)13-7-6-11-4-2-9/h11-14H,2-7,9-10H2,1H3. The molecule has 0 aromatic rings. The van der Waals surface area contributed by atoms with Crippen LogP contribution in [0.25, 0.3) is 0 Å². The Balaban J connectivity index is 3.35. The van der Waals surface area contributed by atoms with Crippen molar-refractivity contribution >= 4 is 0 Å². The van der Waals surface area contributed by atoms with Gasteiger partial charge in [-0.1, -0.05) is 0 Å². The molecule has 0 aliphatic heterocycles. The normalized spacial score (nSPS) is 15.4. The van der Waals surface area contributed by atoms with E-state index >= 15 is 0 Å². The highest BCUT2D eigenvalue weighted by Crippen LogP contribution is 1.88. The number of nitrogens with one attached hydrogen (secondary N) is 3. The molecule has 14 heavy (non-hydrogen) atoms. The highest BCUT2D eigenvalue weighted by atomic mass is 16.3. The van der Waals surface area contributed by atoms with Crippen molar-refractivity contribution in [2.75, 3.05) is 39.3 Å². The lowest BCUT2D eigenvalue weighted by Gasteiger charge is -2.26. The van der Waals surface area contributed by atoms with Gasteiger partial charge in [-0.25, -0.2) is 0 Å². The minimum Gasteiger partial charge on any atom is -0.363 e. The molecular weight excluding hydrogens is 182 g/mol. The first-order valence-electron chi connectivity index (χ1n) is 4.95. The van der Waals surface area contributed by atoms with E-state index in [2.05, 4.69) is 16.0 Å². The van der Waals surface area contributed by atoms with Gasteiger partial charge in [-0.2, -0.15) is 0 Å². The summed E-state index contributed by atoms with van der Waals surface area (Å²) in [5.74, 6) is -1.05. The van der Waals surface area contributed by atoms with Gasteiger partial charge in [-0.05, 0) is 6.92 Å². The van der Waals surface area contributed by atoms with Crippen LogP contribution in [0.15, 0.2) is 0 Å². The summed E-state index contributed by atoms with van der Waals surface area (Å²) in [5, 5.41) is 18.6. The second-order valence-electron chi connectivity index (χ2n) is 3.25. The average molecular weight is 205 g/mol. The molecule has 1 unspecified atom stereocenters. The summed E-state index contributed by atoms with van der Waals surface area (Å²) in [6.07, 6.45) is 0. The van der Waals surface area contributed by atoms with Crippen molar-refractivity contribution in [2.45, 2.75) is 12.8 Å². The lowest BCUT2D eigenvalue weighted by atomic mass is 10.4. The van der Waals surface area contributed by atoms with Gasteiger partial charge < -0.3 is 21.9 Å². The van der Waals surface area contributed by atoms with Gasteiger partial charge in [0.25, 0.3) is 0 Å². The summed E-state index contributed by atoms with van der Waals surface area (Å²) < 4.78 is 0. The molecule has 6 nitrogen and oxygen atoms in total. The maximum atomic E-state index is 9.67. The Bertz CT molecular complexity index is 131. The molecule has 0 radical (unpaired) electrons. The van der Waals surface area contributed by atoms with Crippen LogP contribution in [0.3, 0.4) is 0 Å². The molecule has 86 valence electrons. The van der Waals surface area contributed by atoms with Gasteiger partial charge in [0.2, 0.25) is 0 Å². The third-order valence-electron chi connectivity index (χ3n) is 1.71. The molecule has 0 saturated heterocycles. The predicted molar refractivity (Wildman–Crippen MR) is 57.6 cm³/mol. The second-order valence-corrected chi connectivity index (χ2v) is 3.25. The fourth-order valence-corrected chi connectivity index (χ4v) is 0.999. The van der Waals surface area contributed by atoms with E-state index in [1.165, 1.54) is 0 Å². The fourth-order valence-electron chi connectivity index (χ4n) is 0.999. The third kappa shape index (κ3) is 8.36. The molecule has 8 N–H and O–H groups in total. The molecular formula is C8H23N5O. The number of nitrogens with two attached hydrogens (primary N) is 2. The maximum Gasteiger partial charge on any atom is 0.168 e. The Morgan fingerprint density at radius 1 is 1.00 bits per heavy atom. The molecule has 6 heteroatoms. The summed E-state index contributed by atoms with van der Waals surface area (Å²) in [6, 6.07) is 0. The number of hydrogen-bond acceptors (Lipinski definition) is 6. The minimum atomic E-state index is -1.05. The monoisotopic (exact) mass is 205 g/mol. The van der Waals surface area contributed by atoms with Gasteiger partial charge in [0.1, 0.15) is 0 Å². The third-order valence-corrected chi connectivity index (χ3v) is 1.71. The van der Waals surface area contributed by atoms with Crippen LogP contribution in [-0.2, 0) is 0 Å². The van der Waals surface area contributed by atoms with Gasteiger partial charge in [0, 0.05) is 39.3 Å². The summed E-state index contributed by atoms with van der Waals surface area (Å²) in [7, 11) is 0. The highest BCUT2D eigenvalue weighted by molar-refractivity contribution is 4.67. The molecule has 1 atom stereocenters. The SMILES string of the molecule is CC(O)(NCCN)NCCNCCN. The fraction of sp³-hybridized carbons (Fsp3) is 1.00. The largest absolute Gasteiger partial charge is 0.363 e. The van der Waals surface area contributed by atoms with Crippen molar-refractivity contribution in [3.8, 4) is 0 Å². The van der Waals surface area contributed by atoms with E-state index < -0.39 is 5.85 Å². The van der Waals surface area contributed by atoms with Crippen molar-refractivity contribution < 1.29 is 5.11 Å². The Labute approximate surface area is 85.4 Å². The van der Waals surface area contributed by atoms with E-state index in [9.17, 15) is 5.11 Å². The van der Waals surface area contributed by atoms with Gasteiger partial charge in [-0.3, -0.25) is 10.6 Å². The summed E-state index contributed by atoms with van der Waals surface area (Å²) in [4.78, 5) is 0. The van der Waals surface area contributed by atoms with Crippen molar-refractivity contribution in [2.24, 2.45) is 11.5 Å². The highest BCUT2D eigenvalue weighted by Gasteiger charge is 2.16. The number of rotatable bonds is 9. The summed E-state index contributed by atoms with van der Waals surface area (Å²) >= 11 is 0. The second kappa shape index (κ2) is 8.10. The van der Waals surface area contributed by atoms with Crippen molar-refractivity contribution in [3.05, 3.63) is 0 Å². The van der Waals surface area contributed by atoms with Crippen LogP contribution < -0.4 is 27.4 Å². The minimum absolute atomic E-state index is 0.503. The molecule has 0 aliphatic carbocycles. The van der Waals surface area contributed by atoms with E-state index in [1.807, 2.05) is 0 Å². The zero-order valence-corrected chi connectivity index (χ0v) is 8.84. The molecule has 0 aliphatic rings. The Kier molecular flexibility index (Phi) is 7.96. The molecule has 0 amide bonds. The van der Waals surface area contributed by atoms with E-state index in [0.29, 0.717) is 26.2 Å². The zero-order valence-electron chi connectivity index (χ0n) is 8.84. The molecule has 0 saturated carbocycles. The van der Waals surface area contributed by atoms with Crippen LogP contribution in [-0.4, -0.2) is 50.2 Å². The van der Waals surface area contributed by atoms with Gasteiger partial charge >= 0.3 is 0 Å². The Morgan fingerprint density at radius 2 is 1.57 bits per heavy atom. The molecule has 0 spiro atoms.